The van der Waals surface area contributed by atoms with E-state index in [0.29, 0.717) is 11.5 Å². The molecule has 4 rings (SSSR count). The Labute approximate surface area is 172 Å². The molecule has 1 aromatic carbocycles. The number of ketones is 1. The number of hydrogen-bond acceptors (Lipinski definition) is 9. The molecule has 0 aliphatic rings. The van der Waals surface area contributed by atoms with Crippen LogP contribution < -0.4 is 0 Å². The number of aryl methyl sites for hydroxylation is 2. The van der Waals surface area contributed by atoms with E-state index in [9.17, 15) is 25.1 Å². The summed E-state index contributed by atoms with van der Waals surface area (Å²) in [5.41, 5.74) is 1.44. The maximum absolute atomic E-state index is 13.3. The third kappa shape index (κ3) is 3.01. The molecular weight excluding hydrogens is 412 g/mol. The van der Waals surface area contributed by atoms with Gasteiger partial charge in [-0.1, -0.05) is 23.5 Å². The van der Waals surface area contributed by atoms with E-state index in [1.54, 1.807) is 13.8 Å². The molecule has 2 N–H and O–H groups in total. The predicted molar refractivity (Wildman–Crippen MR) is 106 cm³/mol. The van der Waals surface area contributed by atoms with Crippen LogP contribution in [0, 0.1) is 24.0 Å². The number of nitro groups is 1. The van der Waals surface area contributed by atoms with Gasteiger partial charge in [0.05, 0.1) is 21.7 Å². The Morgan fingerprint density at radius 1 is 1.27 bits per heavy atom. The van der Waals surface area contributed by atoms with Crippen molar-refractivity contribution < 1.29 is 24.3 Å². The van der Waals surface area contributed by atoms with Gasteiger partial charge in [-0.2, -0.15) is 0 Å². The predicted octanol–water partition coefficient (Wildman–Crippen LogP) is 3.76. The Morgan fingerprint density at radius 2 is 2.03 bits per heavy atom. The van der Waals surface area contributed by atoms with E-state index in [4.69, 9.17) is 4.42 Å². The van der Waals surface area contributed by atoms with Crippen LogP contribution in [0.5, 0.6) is 11.6 Å². The number of rotatable bonds is 5. The molecule has 0 atom stereocenters. The fourth-order valence-corrected chi connectivity index (χ4v) is 3.81. The van der Waals surface area contributed by atoms with Crippen LogP contribution in [0.1, 0.15) is 27.4 Å². The van der Waals surface area contributed by atoms with Crippen molar-refractivity contribution in [3.05, 3.63) is 68.6 Å². The summed E-state index contributed by atoms with van der Waals surface area (Å²) < 4.78 is 6.56. The monoisotopic (exact) mass is 426 g/mol. The van der Waals surface area contributed by atoms with Crippen LogP contribution >= 0.6 is 11.3 Å². The highest BCUT2D eigenvalue weighted by Gasteiger charge is 2.32. The summed E-state index contributed by atoms with van der Waals surface area (Å²) in [7, 11) is 0. The molecule has 10 nitrogen and oxygen atoms in total. The number of benzene rings is 1. The number of non-ortho nitro benzene ring substituents is 1. The zero-order valence-corrected chi connectivity index (χ0v) is 16.5. The molecule has 0 saturated carbocycles. The van der Waals surface area contributed by atoms with E-state index in [-0.39, 0.29) is 33.2 Å². The molecule has 152 valence electrons. The van der Waals surface area contributed by atoms with Crippen molar-refractivity contribution in [2.45, 2.75) is 13.8 Å². The minimum absolute atomic E-state index is 0.0497. The number of nitro benzene ring substituents is 1. The third-order valence-electron chi connectivity index (χ3n) is 4.50. The zero-order valence-electron chi connectivity index (χ0n) is 15.7. The van der Waals surface area contributed by atoms with E-state index in [1.807, 2.05) is 0 Å². The van der Waals surface area contributed by atoms with Crippen LogP contribution in [0.4, 0.5) is 5.69 Å². The number of furan rings is 1. The second-order valence-electron chi connectivity index (χ2n) is 6.42. The van der Waals surface area contributed by atoms with Gasteiger partial charge in [-0.05, 0) is 19.9 Å². The lowest BCUT2D eigenvalue weighted by Crippen LogP contribution is -2.05. The Balaban J connectivity index is 2.05. The lowest BCUT2D eigenvalue weighted by molar-refractivity contribution is -0.384. The summed E-state index contributed by atoms with van der Waals surface area (Å²) in [6.07, 6.45) is 0. The topological polar surface area (TPSA) is 145 Å². The quantitative estimate of drug-likeness (QED) is 0.279. The first-order valence-electron chi connectivity index (χ1n) is 8.59. The Morgan fingerprint density at radius 3 is 2.63 bits per heavy atom. The highest BCUT2D eigenvalue weighted by molar-refractivity contribution is 7.11. The van der Waals surface area contributed by atoms with Crippen molar-refractivity contribution in [1.82, 2.24) is 14.8 Å². The van der Waals surface area contributed by atoms with Gasteiger partial charge in [-0.15, -0.1) is 10.2 Å². The summed E-state index contributed by atoms with van der Waals surface area (Å²) in [6.45, 7) is 3.28. The summed E-state index contributed by atoms with van der Waals surface area (Å²) in [4.78, 5) is 24.0. The highest BCUT2D eigenvalue weighted by atomic mass is 32.1. The van der Waals surface area contributed by atoms with Gasteiger partial charge < -0.3 is 14.6 Å². The maximum atomic E-state index is 13.3. The molecule has 4 aromatic rings. The van der Waals surface area contributed by atoms with Crippen LogP contribution in [0.15, 0.2) is 40.3 Å². The van der Waals surface area contributed by atoms with Gasteiger partial charge in [-0.3, -0.25) is 19.5 Å². The number of aromatic nitrogens is 3. The first-order valence-corrected chi connectivity index (χ1v) is 9.47. The van der Waals surface area contributed by atoms with Gasteiger partial charge in [0, 0.05) is 17.7 Å². The second-order valence-corrected chi connectivity index (χ2v) is 7.23. The van der Waals surface area contributed by atoms with E-state index in [2.05, 4.69) is 10.2 Å². The average Bonchev–Trinajstić information content (AvgIpc) is 3.41. The first kappa shape index (κ1) is 19.3. The number of carbonyl (C=O) groups is 1. The van der Waals surface area contributed by atoms with Crippen LogP contribution in [0.25, 0.3) is 16.4 Å². The average molecular weight is 426 g/mol. The molecular formula is C19H14N4O6S. The van der Waals surface area contributed by atoms with E-state index in [1.165, 1.54) is 35.8 Å². The van der Waals surface area contributed by atoms with Crippen LogP contribution in [-0.4, -0.2) is 35.7 Å². The summed E-state index contributed by atoms with van der Waals surface area (Å²) in [5.74, 6) is -1.07. The second kappa shape index (κ2) is 7.12. The molecule has 0 bridgehead atoms. The van der Waals surface area contributed by atoms with Gasteiger partial charge in [0.2, 0.25) is 16.8 Å². The molecule has 0 amide bonds. The molecule has 0 spiro atoms. The zero-order chi connectivity index (χ0) is 21.6. The van der Waals surface area contributed by atoms with Crippen molar-refractivity contribution in [3.8, 4) is 28.0 Å². The fraction of sp³-hybridized carbons (Fsp3) is 0.105. The van der Waals surface area contributed by atoms with Crippen molar-refractivity contribution >= 4 is 22.8 Å². The maximum Gasteiger partial charge on any atom is 0.270 e. The third-order valence-corrected chi connectivity index (χ3v) is 5.18. The summed E-state index contributed by atoms with van der Waals surface area (Å²) >= 11 is 1.05. The summed E-state index contributed by atoms with van der Waals surface area (Å²) in [6, 6.07) is 7.04. The Hall–Kier alpha value is -3.99. The number of carbonyl (C=O) groups excluding carboxylic acids is 1. The normalized spacial score (nSPS) is 11.0. The standard InChI is InChI=1S/C19H14N4O6S/c1-9-6-13(10(2)29-9)16(24)14-15(11-4-3-5-12(7-11)23(27)28)22(18(26)17(14)25)19-21-20-8-30-19/h3-8,25-26H,1-2H3. The van der Waals surface area contributed by atoms with Crippen LogP contribution in [0.3, 0.4) is 0 Å². The van der Waals surface area contributed by atoms with E-state index < -0.39 is 22.3 Å². The lowest BCUT2D eigenvalue weighted by Gasteiger charge is -2.09. The number of aromatic hydroxyl groups is 2. The van der Waals surface area contributed by atoms with Gasteiger partial charge in [0.25, 0.3) is 5.69 Å². The van der Waals surface area contributed by atoms with E-state index in [0.717, 1.165) is 15.9 Å². The molecule has 0 fully saturated rings. The molecule has 11 heteroatoms. The largest absolute Gasteiger partial charge is 0.503 e. The highest BCUT2D eigenvalue weighted by Crippen LogP contribution is 2.45. The lowest BCUT2D eigenvalue weighted by atomic mass is 9.99. The van der Waals surface area contributed by atoms with Crippen molar-refractivity contribution in [2.24, 2.45) is 0 Å². The minimum Gasteiger partial charge on any atom is -0.503 e. The molecule has 3 heterocycles. The molecule has 0 aliphatic heterocycles. The van der Waals surface area contributed by atoms with Crippen LogP contribution in [0.2, 0.25) is 0 Å². The molecule has 3 aromatic heterocycles. The first-order chi connectivity index (χ1) is 14.3. The molecule has 0 saturated heterocycles. The number of hydrogen-bond donors (Lipinski definition) is 2. The van der Waals surface area contributed by atoms with Crippen molar-refractivity contribution in [3.63, 3.8) is 0 Å². The molecule has 30 heavy (non-hydrogen) atoms. The fourth-order valence-electron chi connectivity index (χ4n) is 3.24. The number of nitrogens with zero attached hydrogens (tertiary/aromatic N) is 4. The van der Waals surface area contributed by atoms with Gasteiger partial charge >= 0.3 is 0 Å². The minimum atomic E-state index is -0.671. The molecule has 0 radical (unpaired) electrons. The van der Waals surface area contributed by atoms with E-state index >= 15 is 0 Å². The SMILES string of the molecule is Cc1cc(C(=O)c2c(O)c(O)n(-c3nncs3)c2-c2cccc([N+](=O)[O-])c2)c(C)o1. The summed E-state index contributed by atoms with van der Waals surface area (Å²) in [5, 5.41) is 40.3. The smallest absolute Gasteiger partial charge is 0.270 e. The molecule has 0 unspecified atom stereocenters. The van der Waals surface area contributed by atoms with Gasteiger partial charge in [0.15, 0.2) is 5.75 Å². The molecule has 0 aliphatic carbocycles. The Kier molecular flexibility index (Phi) is 4.59. The Bertz CT molecular complexity index is 1290. The van der Waals surface area contributed by atoms with Gasteiger partial charge in [-0.25, -0.2) is 0 Å². The van der Waals surface area contributed by atoms with Crippen molar-refractivity contribution in [1.29, 1.82) is 0 Å². The van der Waals surface area contributed by atoms with Crippen LogP contribution in [-0.2, 0) is 0 Å². The van der Waals surface area contributed by atoms with Crippen molar-refractivity contribution in [2.75, 3.05) is 0 Å². The van der Waals surface area contributed by atoms with Gasteiger partial charge in [0.1, 0.15) is 17.0 Å².